The van der Waals surface area contributed by atoms with Gasteiger partial charge in [-0.05, 0) is 26.2 Å². The van der Waals surface area contributed by atoms with Gasteiger partial charge in [-0.1, -0.05) is 37.8 Å². The average molecular weight is 408 g/mol. The summed E-state index contributed by atoms with van der Waals surface area (Å²) in [5.74, 6) is -0.109. The average Bonchev–Trinajstić information content (AvgIpc) is 3.05. The first-order valence-electron chi connectivity index (χ1n) is 10.3. The third kappa shape index (κ3) is 5.77. The van der Waals surface area contributed by atoms with Gasteiger partial charge >= 0.3 is 5.97 Å². The molecule has 0 unspecified atom stereocenters. The molecule has 1 fully saturated rings. The number of nitrogens with one attached hydrogen (secondary N) is 2. The number of aromatic nitrogens is 2. The van der Waals surface area contributed by atoms with Gasteiger partial charge in [-0.2, -0.15) is 4.98 Å². The minimum Gasteiger partial charge on any atom is -0.467 e. The number of esters is 1. The Balaban J connectivity index is 2.04. The predicted molar refractivity (Wildman–Crippen MR) is 105 cm³/mol. The molecule has 1 atom stereocenters. The molecule has 0 spiro atoms. The molecule has 1 aromatic heterocycles. The molecule has 9 nitrogen and oxygen atoms in total. The highest BCUT2D eigenvalue weighted by atomic mass is 16.5. The van der Waals surface area contributed by atoms with Gasteiger partial charge in [0.15, 0.2) is 5.82 Å². The maximum Gasteiger partial charge on any atom is 0.331 e. The molecule has 0 radical (unpaired) electrons. The van der Waals surface area contributed by atoms with E-state index in [1.807, 2.05) is 0 Å². The fraction of sp³-hybridized carbons (Fsp3) is 0.750. The summed E-state index contributed by atoms with van der Waals surface area (Å²) >= 11 is 0. The van der Waals surface area contributed by atoms with E-state index in [0.717, 1.165) is 38.5 Å². The number of amides is 2. The zero-order valence-electron chi connectivity index (χ0n) is 17.8. The summed E-state index contributed by atoms with van der Waals surface area (Å²) in [6.07, 6.45) is 6.48. The number of ether oxygens (including phenoxy) is 1. The number of rotatable bonds is 8. The first-order valence-corrected chi connectivity index (χ1v) is 10.3. The fourth-order valence-corrected chi connectivity index (χ4v) is 3.72. The van der Waals surface area contributed by atoms with Gasteiger partial charge in [0.1, 0.15) is 11.1 Å². The highest BCUT2D eigenvalue weighted by Gasteiger charge is 2.38. The van der Waals surface area contributed by atoms with Crippen molar-refractivity contribution in [2.75, 3.05) is 7.11 Å². The minimum atomic E-state index is -1.07. The molecule has 1 aliphatic carbocycles. The summed E-state index contributed by atoms with van der Waals surface area (Å²) in [5.41, 5.74) is -1.68. The van der Waals surface area contributed by atoms with Crippen LogP contribution in [0.15, 0.2) is 4.52 Å². The Bertz CT molecular complexity index is 724. The normalized spacial score (nSPS) is 18.2. The minimum absolute atomic E-state index is 0.0986. The molecule has 1 aliphatic rings. The summed E-state index contributed by atoms with van der Waals surface area (Å²) in [5, 5.41) is 9.86. The lowest BCUT2D eigenvalue weighted by Gasteiger charge is -2.30. The van der Waals surface area contributed by atoms with Crippen LogP contribution in [0.3, 0.4) is 0 Å². The van der Waals surface area contributed by atoms with Crippen LogP contribution >= 0.6 is 0 Å². The van der Waals surface area contributed by atoms with E-state index in [9.17, 15) is 14.4 Å². The Labute approximate surface area is 171 Å². The monoisotopic (exact) mass is 408 g/mol. The van der Waals surface area contributed by atoms with Gasteiger partial charge in [-0.25, -0.2) is 4.79 Å². The van der Waals surface area contributed by atoms with E-state index in [4.69, 9.17) is 9.26 Å². The first-order chi connectivity index (χ1) is 13.7. The molecule has 1 saturated carbocycles. The van der Waals surface area contributed by atoms with Crippen molar-refractivity contribution in [2.24, 2.45) is 0 Å². The lowest BCUT2D eigenvalue weighted by Crippen LogP contribution is -2.52. The Morgan fingerprint density at radius 3 is 2.41 bits per heavy atom. The maximum atomic E-state index is 12.3. The van der Waals surface area contributed by atoms with Crippen molar-refractivity contribution in [3.8, 4) is 0 Å². The van der Waals surface area contributed by atoms with Crippen LogP contribution in [0.1, 0.15) is 83.9 Å². The van der Waals surface area contributed by atoms with E-state index in [0.29, 0.717) is 18.1 Å². The van der Waals surface area contributed by atoms with Crippen LogP contribution in [0, 0.1) is 0 Å². The SMILES string of the molecule is CC[C@@](C)(NC(=O)CCc1nc(C2(NC(C)=O)CCCCCC2)no1)C(=O)OC. The molecule has 9 heteroatoms. The number of aryl methyl sites for hydroxylation is 1. The Morgan fingerprint density at radius 2 is 1.86 bits per heavy atom. The van der Waals surface area contributed by atoms with Crippen LogP contribution in [0.2, 0.25) is 0 Å². The summed E-state index contributed by atoms with van der Waals surface area (Å²) in [4.78, 5) is 40.5. The zero-order chi connectivity index (χ0) is 21.5. The van der Waals surface area contributed by atoms with Gasteiger partial charge < -0.3 is 19.9 Å². The van der Waals surface area contributed by atoms with Crippen molar-refractivity contribution < 1.29 is 23.6 Å². The van der Waals surface area contributed by atoms with Crippen LogP contribution in [-0.2, 0) is 31.1 Å². The number of carbonyl (C=O) groups excluding carboxylic acids is 3. The molecule has 2 amide bonds. The van der Waals surface area contributed by atoms with Crippen molar-refractivity contribution in [1.82, 2.24) is 20.8 Å². The highest BCUT2D eigenvalue weighted by Crippen LogP contribution is 2.34. The smallest absolute Gasteiger partial charge is 0.331 e. The molecule has 0 aliphatic heterocycles. The molecule has 0 aromatic carbocycles. The van der Waals surface area contributed by atoms with Gasteiger partial charge in [-0.3, -0.25) is 9.59 Å². The van der Waals surface area contributed by atoms with Gasteiger partial charge in [0, 0.05) is 19.8 Å². The predicted octanol–water partition coefficient (Wildman–Crippen LogP) is 2.15. The number of carbonyl (C=O) groups is 3. The van der Waals surface area contributed by atoms with E-state index < -0.39 is 17.0 Å². The largest absolute Gasteiger partial charge is 0.467 e. The van der Waals surface area contributed by atoms with Gasteiger partial charge in [0.05, 0.1) is 7.11 Å². The molecule has 0 bridgehead atoms. The highest BCUT2D eigenvalue weighted by molar-refractivity contribution is 5.87. The number of hydrogen-bond donors (Lipinski definition) is 2. The number of methoxy groups -OCH3 is 1. The van der Waals surface area contributed by atoms with Crippen molar-refractivity contribution in [3.05, 3.63) is 11.7 Å². The van der Waals surface area contributed by atoms with Gasteiger partial charge in [0.2, 0.25) is 17.7 Å². The van der Waals surface area contributed by atoms with Crippen molar-refractivity contribution in [2.45, 2.75) is 89.6 Å². The quantitative estimate of drug-likeness (QED) is 0.499. The molecule has 29 heavy (non-hydrogen) atoms. The van der Waals surface area contributed by atoms with E-state index in [2.05, 4.69) is 20.8 Å². The molecule has 2 rings (SSSR count). The molecular formula is C20H32N4O5. The molecule has 1 heterocycles. The number of nitrogens with zero attached hydrogens (tertiary/aromatic N) is 2. The third-order valence-corrected chi connectivity index (χ3v) is 5.59. The molecule has 1 aromatic rings. The molecular weight excluding hydrogens is 376 g/mol. The molecule has 2 N–H and O–H groups in total. The Morgan fingerprint density at radius 1 is 1.21 bits per heavy atom. The van der Waals surface area contributed by atoms with Crippen LogP contribution < -0.4 is 10.6 Å². The van der Waals surface area contributed by atoms with E-state index in [1.54, 1.807) is 13.8 Å². The second-order valence-electron chi connectivity index (χ2n) is 7.91. The standard InChI is InChI=1S/C20H32N4O5/c1-5-19(3,18(27)28-4)23-15(26)10-11-16-21-17(24-29-16)20(22-14(2)25)12-8-6-7-9-13-20/h5-13H2,1-4H3,(H,22,25)(H,23,26)/t19-/m1/s1. The van der Waals surface area contributed by atoms with Crippen LogP contribution in [-0.4, -0.2) is 40.6 Å². The summed E-state index contributed by atoms with van der Waals surface area (Å²) < 4.78 is 10.1. The third-order valence-electron chi connectivity index (χ3n) is 5.59. The summed E-state index contributed by atoms with van der Waals surface area (Å²) in [7, 11) is 1.29. The van der Waals surface area contributed by atoms with E-state index in [1.165, 1.54) is 14.0 Å². The van der Waals surface area contributed by atoms with Gasteiger partial charge in [0.25, 0.3) is 0 Å². The molecule has 0 saturated heterocycles. The van der Waals surface area contributed by atoms with E-state index in [-0.39, 0.29) is 24.7 Å². The second kappa shape index (κ2) is 9.84. The van der Waals surface area contributed by atoms with Crippen LogP contribution in [0.4, 0.5) is 0 Å². The lowest BCUT2D eigenvalue weighted by molar-refractivity contribution is -0.150. The fourth-order valence-electron chi connectivity index (χ4n) is 3.72. The van der Waals surface area contributed by atoms with Gasteiger partial charge in [-0.15, -0.1) is 0 Å². The first kappa shape index (κ1) is 22.8. The van der Waals surface area contributed by atoms with Crippen molar-refractivity contribution in [1.29, 1.82) is 0 Å². The van der Waals surface area contributed by atoms with Crippen LogP contribution in [0.25, 0.3) is 0 Å². The van der Waals surface area contributed by atoms with Crippen molar-refractivity contribution in [3.63, 3.8) is 0 Å². The summed E-state index contributed by atoms with van der Waals surface area (Å²) in [6.45, 7) is 4.92. The second-order valence-corrected chi connectivity index (χ2v) is 7.91. The lowest BCUT2D eigenvalue weighted by atomic mass is 9.89. The van der Waals surface area contributed by atoms with Crippen molar-refractivity contribution >= 4 is 17.8 Å². The topological polar surface area (TPSA) is 123 Å². The molecule has 162 valence electrons. The Hall–Kier alpha value is -2.45. The van der Waals surface area contributed by atoms with E-state index >= 15 is 0 Å². The Kier molecular flexibility index (Phi) is 7.75. The zero-order valence-corrected chi connectivity index (χ0v) is 17.8. The maximum absolute atomic E-state index is 12.3. The summed E-state index contributed by atoms with van der Waals surface area (Å²) in [6, 6.07) is 0. The van der Waals surface area contributed by atoms with Crippen LogP contribution in [0.5, 0.6) is 0 Å². The number of hydrogen-bond acceptors (Lipinski definition) is 7.